The Labute approximate surface area is 125 Å². The highest BCUT2D eigenvalue weighted by Gasteiger charge is 2.23. The number of aromatic nitrogens is 5. The largest absolute Gasteiger partial charge is 0.378 e. The first kappa shape index (κ1) is 14.2. The van der Waals surface area contributed by atoms with Crippen molar-refractivity contribution >= 4 is 17.4 Å². The van der Waals surface area contributed by atoms with E-state index in [2.05, 4.69) is 35.8 Å². The zero-order valence-electron chi connectivity index (χ0n) is 12.1. The quantitative estimate of drug-likeness (QED) is 0.791. The van der Waals surface area contributed by atoms with E-state index in [0.29, 0.717) is 5.69 Å². The molecule has 0 saturated heterocycles. The fourth-order valence-corrected chi connectivity index (χ4v) is 2.36. The summed E-state index contributed by atoms with van der Waals surface area (Å²) in [6.07, 6.45) is 5.25. The van der Waals surface area contributed by atoms with Crippen LogP contribution >= 0.6 is 0 Å². The molecule has 1 saturated carbocycles. The molecule has 2 aromatic rings. The molecule has 2 heterocycles. The van der Waals surface area contributed by atoms with E-state index in [0.717, 1.165) is 31.4 Å². The molecule has 0 aromatic carbocycles. The first-order valence-electron chi connectivity index (χ1n) is 7.03. The van der Waals surface area contributed by atoms with Gasteiger partial charge in [0.05, 0.1) is 5.69 Å². The Hall–Kier alpha value is -2.78. The normalized spacial score (nSPS) is 14.9. The Morgan fingerprint density at radius 3 is 2.77 bits per heavy atom. The van der Waals surface area contributed by atoms with E-state index < -0.39 is 5.91 Å². The lowest BCUT2D eigenvalue weighted by atomic mass is 9.99. The number of nitrogens with one attached hydrogen (secondary N) is 1. The number of rotatable bonds is 3. The van der Waals surface area contributed by atoms with E-state index in [1.54, 1.807) is 6.92 Å². The summed E-state index contributed by atoms with van der Waals surface area (Å²) in [6, 6.07) is 0. The van der Waals surface area contributed by atoms with Gasteiger partial charge in [-0.2, -0.15) is 9.78 Å². The number of nitrogens with two attached hydrogens (primary N) is 1. The Balaban J connectivity index is 1.83. The van der Waals surface area contributed by atoms with Crippen molar-refractivity contribution in [1.82, 2.24) is 30.7 Å². The number of nitrogens with zero attached hydrogens (tertiary/aromatic N) is 6. The molecule has 0 unspecified atom stereocenters. The van der Waals surface area contributed by atoms with Gasteiger partial charge in [0.15, 0.2) is 5.69 Å². The van der Waals surface area contributed by atoms with Crippen LogP contribution in [0.15, 0.2) is 9.73 Å². The van der Waals surface area contributed by atoms with Crippen LogP contribution in [0.25, 0.3) is 5.82 Å². The topological polar surface area (TPSA) is 137 Å². The molecule has 0 spiro atoms. The van der Waals surface area contributed by atoms with Crippen LogP contribution in [0.4, 0.5) is 5.82 Å². The Morgan fingerprint density at radius 1 is 1.32 bits per heavy atom. The zero-order valence-corrected chi connectivity index (χ0v) is 12.1. The SMILES string of the molecule is Cc1nnn(-c2nonc2N)c1C(=O)NN=C1CCCCC1. The van der Waals surface area contributed by atoms with Gasteiger partial charge in [-0.15, -0.1) is 5.10 Å². The minimum absolute atomic E-state index is 0.0255. The third-order valence-electron chi connectivity index (χ3n) is 3.50. The summed E-state index contributed by atoms with van der Waals surface area (Å²) < 4.78 is 5.72. The number of amides is 1. The average molecular weight is 304 g/mol. The Kier molecular flexibility index (Phi) is 3.81. The van der Waals surface area contributed by atoms with Gasteiger partial charge in [0.25, 0.3) is 5.91 Å². The fraction of sp³-hybridized carbons (Fsp3) is 0.500. The van der Waals surface area contributed by atoms with Crippen LogP contribution in [-0.2, 0) is 0 Å². The molecular weight excluding hydrogens is 288 g/mol. The van der Waals surface area contributed by atoms with E-state index in [-0.39, 0.29) is 17.3 Å². The standard InChI is InChI=1S/C12H16N8O2/c1-7-9(12(21)16-15-8-5-3-2-4-6-8)20(19-14-7)11-10(13)17-22-18-11/h2-6H2,1H3,(H2,13,17)(H,16,21). The van der Waals surface area contributed by atoms with Crippen molar-refractivity contribution in [3.05, 3.63) is 11.4 Å². The monoisotopic (exact) mass is 304 g/mol. The van der Waals surface area contributed by atoms with Crippen LogP contribution in [0, 0.1) is 6.92 Å². The van der Waals surface area contributed by atoms with E-state index >= 15 is 0 Å². The number of aryl methyl sites for hydroxylation is 1. The van der Waals surface area contributed by atoms with E-state index in [1.165, 1.54) is 11.1 Å². The van der Waals surface area contributed by atoms with Crippen molar-refractivity contribution in [3.8, 4) is 5.82 Å². The zero-order chi connectivity index (χ0) is 15.5. The van der Waals surface area contributed by atoms with Gasteiger partial charge in [0, 0.05) is 5.71 Å². The first-order chi connectivity index (χ1) is 10.7. The number of hydrogen-bond donors (Lipinski definition) is 2. The summed E-state index contributed by atoms with van der Waals surface area (Å²) in [5.74, 6) is -0.281. The van der Waals surface area contributed by atoms with E-state index in [4.69, 9.17) is 5.73 Å². The Bertz CT molecular complexity index is 709. The molecule has 10 nitrogen and oxygen atoms in total. The van der Waals surface area contributed by atoms with Crippen LogP contribution in [0.5, 0.6) is 0 Å². The van der Waals surface area contributed by atoms with Crippen molar-refractivity contribution in [3.63, 3.8) is 0 Å². The van der Waals surface area contributed by atoms with E-state index in [1.807, 2.05) is 0 Å². The molecule has 1 aliphatic rings. The number of hydrogen-bond acceptors (Lipinski definition) is 8. The molecule has 10 heteroatoms. The molecule has 1 fully saturated rings. The highest BCUT2D eigenvalue weighted by molar-refractivity contribution is 5.95. The number of anilines is 1. The van der Waals surface area contributed by atoms with E-state index in [9.17, 15) is 4.79 Å². The molecule has 2 aromatic heterocycles. The molecule has 3 N–H and O–H groups in total. The molecule has 116 valence electrons. The summed E-state index contributed by atoms with van der Waals surface area (Å²) in [4.78, 5) is 12.4. The van der Waals surface area contributed by atoms with Crippen molar-refractivity contribution in [2.75, 3.05) is 5.73 Å². The van der Waals surface area contributed by atoms with Gasteiger partial charge in [0.2, 0.25) is 11.6 Å². The molecule has 1 aliphatic carbocycles. The highest BCUT2D eigenvalue weighted by atomic mass is 16.6. The van der Waals surface area contributed by atoms with Gasteiger partial charge >= 0.3 is 0 Å². The fourth-order valence-electron chi connectivity index (χ4n) is 2.36. The second kappa shape index (κ2) is 5.92. The van der Waals surface area contributed by atoms with Gasteiger partial charge < -0.3 is 5.73 Å². The van der Waals surface area contributed by atoms with Crippen molar-refractivity contribution in [2.45, 2.75) is 39.0 Å². The summed E-state index contributed by atoms with van der Waals surface area (Å²) in [5.41, 5.74) is 9.80. The molecule has 0 radical (unpaired) electrons. The summed E-state index contributed by atoms with van der Waals surface area (Å²) in [6.45, 7) is 1.66. The average Bonchev–Trinajstić information content (AvgIpc) is 3.11. The third-order valence-corrected chi connectivity index (χ3v) is 3.50. The molecule has 1 amide bonds. The molecular formula is C12H16N8O2. The summed E-state index contributed by atoms with van der Waals surface area (Å²) in [7, 11) is 0. The van der Waals surface area contributed by atoms with Crippen molar-refractivity contribution in [1.29, 1.82) is 0 Å². The number of nitrogen functional groups attached to an aromatic ring is 1. The first-order valence-corrected chi connectivity index (χ1v) is 7.03. The van der Waals surface area contributed by atoms with Crippen LogP contribution in [-0.4, -0.2) is 36.9 Å². The van der Waals surface area contributed by atoms with Crippen LogP contribution in [0.1, 0.15) is 48.3 Å². The smallest absolute Gasteiger partial charge is 0.292 e. The second-order valence-electron chi connectivity index (χ2n) is 5.09. The van der Waals surface area contributed by atoms with Gasteiger partial charge in [0.1, 0.15) is 0 Å². The van der Waals surface area contributed by atoms with Crippen LogP contribution in [0.2, 0.25) is 0 Å². The number of carbonyl (C=O) groups excluding carboxylic acids is 1. The highest BCUT2D eigenvalue weighted by Crippen LogP contribution is 2.16. The molecule has 22 heavy (non-hydrogen) atoms. The molecule has 0 atom stereocenters. The van der Waals surface area contributed by atoms with Crippen LogP contribution in [0.3, 0.4) is 0 Å². The van der Waals surface area contributed by atoms with Crippen LogP contribution < -0.4 is 11.2 Å². The minimum atomic E-state index is -0.428. The van der Waals surface area contributed by atoms with Gasteiger partial charge in [-0.05, 0) is 42.9 Å². The lowest BCUT2D eigenvalue weighted by Crippen LogP contribution is -2.24. The Morgan fingerprint density at radius 2 is 2.09 bits per heavy atom. The predicted molar refractivity (Wildman–Crippen MR) is 76.4 cm³/mol. The van der Waals surface area contributed by atoms with Crippen molar-refractivity contribution < 1.29 is 9.42 Å². The number of hydrazone groups is 1. The molecule has 0 aliphatic heterocycles. The van der Waals surface area contributed by atoms with Gasteiger partial charge in [-0.1, -0.05) is 11.6 Å². The lowest BCUT2D eigenvalue weighted by molar-refractivity contribution is 0.0946. The summed E-state index contributed by atoms with van der Waals surface area (Å²) in [5, 5.41) is 19.0. The molecule has 3 rings (SSSR count). The maximum absolute atomic E-state index is 12.4. The van der Waals surface area contributed by atoms with Crippen molar-refractivity contribution in [2.24, 2.45) is 5.10 Å². The van der Waals surface area contributed by atoms with Gasteiger partial charge in [-0.25, -0.2) is 10.1 Å². The maximum Gasteiger partial charge on any atom is 0.292 e. The maximum atomic E-state index is 12.4. The number of carbonyl (C=O) groups is 1. The third kappa shape index (κ3) is 2.67. The predicted octanol–water partition coefficient (Wildman–Crippen LogP) is 0.591. The minimum Gasteiger partial charge on any atom is -0.378 e. The summed E-state index contributed by atoms with van der Waals surface area (Å²) >= 11 is 0. The molecule has 0 bridgehead atoms. The lowest BCUT2D eigenvalue weighted by Gasteiger charge is -2.12. The van der Waals surface area contributed by atoms with Gasteiger partial charge in [-0.3, -0.25) is 4.79 Å². The second-order valence-corrected chi connectivity index (χ2v) is 5.09.